The number of aromatic hydroxyl groups is 1. The molecule has 2 rings (SSSR count). The molecule has 0 aromatic heterocycles. The lowest BCUT2D eigenvalue weighted by Gasteiger charge is -2.36. The maximum atomic E-state index is 10.6. The highest BCUT2D eigenvalue weighted by atomic mass is 16.5. The third-order valence-electron chi connectivity index (χ3n) is 4.64. The van der Waals surface area contributed by atoms with E-state index in [2.05, 4.69) is 12.2 Å². The van der Waals surface area contributed by atoms with Crippen LogP contribution in [0.3, 0.4) is 0 Å². The molecule has 1 aliphatic carbocycles. The molecule has 0 bridgehead atoms. The van der Waals surface area contributed by atoms with E-state index in [1.54, 1.807) is 13.2 Å². The Morgan fingerprint density at radius 3 is 2.67 bits per heavy atom. The van der Waals surface area contributed by atoms with Gasteiger partial charge in [-0.3, -0.25) is 0 Å². The number of benzene rings is 1. The molecule has 118 valence electrons. The van der Waals surface area contributed by atoms with Gasteiger partial charge in [-0.25, -0.2) is 0 Å². The predicted molar refractivity (Wildman–Crippen MR) is 83.6 cm³/mol. The fraction of sp³-hybridized carbons (Fsp3) is 0.647. The van der Waals surface area contributed by atoms with Crippen LogP contribution >= 0.6 is 0 Å². The van der Waals surface area contributed by atoms with Crippen LogP contribution in [0.5, 0.6) is 11.5 Å². The largest absolute Gasteiger partial charge is 0.504 e. The molecule has 1 fully saturated rings. The number of hydrogen-bond acceptors (Lipinski definition) is 4. The van der Waals surface area contributed by atoms with Gasteiger partial charge in [0.05, 0.1) is 12.7 Å². The summed E-state index contributed by atoms with van der Waals surface area (Å²) in [6, 6.07) is 5.32. The average Bonchev–Trinajstić information content (AvgIpc) is 2.49. The third-order valence-corrected chi connectivity index (χ3v) is 4.64. The van der Waals surface area contributed by atoms with Gasteiger partial charge >= 0.3 is 0 Å². The van der Waals surface area contributed by atoms with Gasteiger partial charge in [0, 0.05) is 13.1 Å². The number of methoxy groups -OCH3 is 1. The van der Waals surface area contributed by atoms with Crippen LogP contribution in [0.2, 0.25) is 0 Å². The molecule has 1 aromatic rings. The van der Waals surface area contributed by atoms with E-state index in [9.17, 15) is 10.2 Å². The van der Waals surface area contributed by atoms with Gasteiger partial charge in [0.1, 0.15) is 0 Å². The Hall–Kier alpha value is -1.26. The van der Waals surface area contributed by atoms with E-state index < -0.39 is 5.60 Å². The van der Waals surface area contributed by atoms with Crippen LogP contribution in [0, 0.1) is 5.92 Å². The first-order valence-electron chi connectivity index (χ1n) is 7.85. The Morgan fingerprint density at radius 2 is 2.05 bits per heavy atom. The Labute approximate surface area is 127 Å². The van der Waals surface area contributed by atoms with Crippen LogP contribution in [0.15, 0.2) is 18.2 Å². The SMILES string of the molecule is CCC1CCC(O)(CNCc2ccc(O)c(OC)c2)CC1. The summed E-state index contributed by atoms with van der Waals surface area (Å²) in [6.07, 6.45) is 5.25. The summed E-state index contributed by atoms with van der Waals surface area (Å²) >= 11 is 0. The van der Waals surface area contributed by atoms with Gasteiger partial charge in [-0.2, -0.15) is 0 Å². The lowest BCUT2D eigenvalue weighted by molar-refractivity contribution is -0.00881. The van der Waals surface area contributed by atoms with Gasteiger partial charge in [0.25, 0.3) is 0 Å². The van der Waals surface area contributed by atoms with Crippen molar-refractivity contribution in [2.45, 2.75) is 51.2 Å². The second kappa shape index (κ2) is 7.14. The monoisotopic (exact) mass is 293 g/mol. The van der Waals surface area contributed by atoms with Crippen molar-refractivity contribution in [1.82, 2.24) is 5.32 Å². The van der Waals surface area contributed by atoms with Crippen LogP contribution in [-0.2, 0) is 6.54 Å². The van der Waals surface area contributed by atoms with Crippen molar-refractivity contribution in [3.05, 3.63) is 23.8 Å². The van der Waals surface area contributed by atoms with Crippen LogP contribution in [0.25, 0.3) is 0 Å². The van der Waals surface area contributed by atoms with E-state index in [1.165, 1.54) is 6.42 Å². The maximum Gasteiger partial charge on any atom is 0.160 e. The normalized spacial score (nSPS) is 25.8. The number of nitrogens with one attached hydrogen (secondary N) is 1. The molecule has 1 aromatic carbocycles. The first kappa shape index (κ1) is 16.1. The minimum absolute atomic E-state index is 0.151. The van der Waals surface area contributed by atoms with Gasteiger partial charge in [0.15, 0.2) is 11.5 Å². The van der Waals surface area contributed by atoms with E-state index in [0.29, 0.717) is 18.8 Å². The molecule has 0 radical (unpaired) electrons. The molecule has 0 spiro atoms. The van der Waals surface area contributed by atoms with Crippen molar-refractivity contribution >= 4 is 0 Å². The molecule has 3 N–H and O–H groups in total. The Bertz CT molecular complexity index is 453. The van der Waals surface area contributed by atoms with Gasteiger partial charge < -0.3 is 20.3 Å². The molecule has 0 saturated heterocycles. The highest BCUT2D eigenvalue weighted by Crippen LogP contribution is 2.33. The molecule has 21 heavy (non-hydrogen) atoms. The lowest BCUT2D eigenvalue weighted by Crippen LogP contribution is -2.43. The van der Waals surface area contributed by atoms with Crippen LogP contribution < -0.4 is 10.1 Å². The summed E-state index contributed by atoms with van der Waals surface area (Å²) in [5.74, 6) is 1.42. The number of phenolic OH excluding ortho intramolecular Hbond substituents is 1. The quantitative estimate of drug-likeness (QED) is 0.755. The van der Waals surface area contributed by atoms with Crippen molar-refractivity contribution in [1.29, 1.82) is 0 Å². The highest BCUT2D eigenvalue weighted by Gasteiger charge is 2.32. The molecular formula is C17H27NO3. The lowest BCUT2D eigenvalue weighted by atomic mass is 9.78. The molecule has 1 saturated carbocycles. The Morgan fingerprint density at radius 1 is 1.33 bits per heavy atom. The molecule has 4 nitrogen and oxygen atoms in total. The van der Waals surface area contributed by atoms with Crippen LogP contribution in [0.4, 0.5) is 0 Å². The average molecular weight is 293 g/mol. The highest BCUT2D eigenvalue weighted by molar-refractivity contribution is 5.41. The first-order valence-corrected chi connectivity index (χ1v) is 7.85. The summed E-state index contributed by atoms with van der Waals surface area (Å²) in [5.41, 5.74) is 0.475. The number of rotatable bonds is 6. The zero-order valence-electron chi connectivity index (χ0n) is 13.1. The number of phenols is 1. The number of aliphatic hydroxyl groups is 1. The van der Waals surface area contributed by atoms with Gasteiger partial charge in [-0.05, 0) is 49.3 Å². The number of hydrogen-bond donors (Lipinski definition) is 3. The van der Waals surface area contributed by atoms with E-state index in [0.717, 1.165) is 37.2 Å². The van der Waals surface area contributed by atoms with Crippen molar-refractivity contribution < 1.29 is 14.9 Å². The van der Waals surface area contributed by atoms with Crippen molar-refractivity contribution in [3.8, 4) is 11.5 Å². The molecule has 0 amide bonds. The summed E-state index contributed by atoms with van der Waals surface area (Å²) in [7, 11) is 1.54. The summed E-state index contributed by atoms with van der Waals surface area (Å²) in [4.78, 5) is 0. The zero-order chi connectivity index (χ0) is 15.3. The first-order chi connectivity index (χ1) is 10.1. The van der Waals surface area contributed by atoms with Crippen molar-refractivity contribution in [2.75, 3.05) is 13.7 Å². The Kier molecular flexibility index (Phi) is 5.48. The molecule has 0 atom stereocenters. The van der Waals surface area contributed by atoms with Crippen LogP contribution in [-0.4, -0.2) is 29.5 Å². The fourth-order valence-electron chi connectivity index (χ4n) is 3.07. The predicted octanol–water partition coefficient (Wildman–Crippen LogP) is 2.82. The van der Waals surface area contributed by atoms with E-state index >= 15 is 0 Å². The summed E-state index contributed by atoms with van der Waals surface area (Å²) < 4.78 is 5.10. The second-order valence-electron chi connectivity index (χ2n) is 6.19. The molecular weight excluding hydrogens is 266 g/mol. The van der Waals surface area contributed by atoms with Gasteiger partial charge in [-0.15, -0.1) is 0 Å². The minimum atomic E-state index is -0.563. The van der Waals surface area contributed by atoms with Crippen molar-refractivity contribution in [2.24, 2.45) is 5.92 Å². The maximum absolute atomic E-state index is 10.6. The standard InChI is InChI=1S/C17H27NO3/c1-3-13-6-8-17(20,9-7-13)12-18-11-14-4-5-15(19)16(10-14)21-2/h4-5,10,13,18-20H,3,6-9,11-12H2,1-2H3. The summed E-state index contributed by atoms with van der Waals surface area (Å²) in [6.45, 7) is 3.51. The summed E-state index contributed by atoms with van der Waals surface area (Å²) in [5, 5.41) is 23.5. The smallest absolute Gasteiger partial charge is 0.160 e. The zero-order valence-corrected chi connectivity index (χ0v) is 13.1. The fourth-order valence-corrected chi connectivity index (χ4v) is 3.07. The Balaban J connectivity index is 1.81. The van der Waals surface area contributed by atoms with E-state index in [1.807, 2.05) is 12.1 Å². The van der Waals surface area contributed by atoms with E-state index in [-0.39, 0.29) is 5.75 Å². The second-order valence-corrected chi connectivity index (χ2v) is 6.19. The molecule has 1 aliphatic rings. The van der Waals surface area contributed by atoms with Gasteiger partial charge in [0.2, 0.25) is 0 Å². The third kappa shape index (κ3) is 4.35. The minimum Gasteiger partial charge on any atom is -0.504 e. The van der Waals surface area contributed by atoms with Crippen LogP contribution in [0.1, 0.15) is 44.6 Å². The molecule has 0 heterocycles. The van der Waals surface area contributed by atoms with Gasteiger partial charge in [-0.1, -0.05) is 19.4 Å². The number of ether oxygens (including phenoxy) is 1. The molecule has 0 aliphatic heterocycles. The topological polar surface area (TPSA) is 61.7 Å². The van der Waals surface area contributed by atoms with Crippen molar-refractivity contribution in [3.63, 3.8) is 0 Å². The molecule has 0 unspecified atom stereocenters. The van der Waals surface area contributed by atoms with E-state index in [4.69, 9.17) is 4.74 Å². The molecule has 4 heteroatoms.